The van der Waals surface area contributed by atoms with E-state index in [1.165, 1.54) is 0 Å². The Bertz CT molecular complexity index is 476. The van der Waals surface area contributed by atoms with Crippen molar-refractivity contribution in [1.29, 1.82) is 0 Å². The Morgan fingerprint density at radius 1 is 1.33 bits per heavy atom. The monoisotopic (exact) mass is 203 g/mol. The highest BCUT2D eigenvalue weighted by molar-refractivity contribution is 5.66. The van der Waals surface area contributed by atoms with E-state index < -0.39 is 0 Å². The summed E-state index contributed by atoms with van der Waals surface area (Å²) in [6.07, 6.45) is 0.744. The van der Waals surface area contributed by atoms with Crippen molar-refractivity contribution in [2.24, 2.45) is 0 Å². The van der Waals surface area contributed by atoms with Crippen LogP contribution in [0.1, 0.15) is 18.4 Å². The summed E-state index contributed by atoms with van der Waals surface area (Å²) in [5, 5.41) is 7.91. The third kappa shape index (κ3) is 1.70. The molecule has 2 rings (SSSR count). The highest BCUT2D eigenvalue weighted by atomic mass is 16.4. The summed E-state index contributed by atoms with van der Waals surface area (Å²) in [5.41, 5.74) is 8.43. The molecule has 2 N–H and O–H groups in total. The molecule has 0 atom stereocenters. The van der Waals surface area contributed by atoms with Crippen LogP contribution in [-0.4, -0.2) is 10.2 Å². The molecule has 78 valence electrons. The van der Waals surface area contributed by atoms with Crippen LogP contribution in [-0.2, 0) is 6.42 Å². The van der Waals surface area contributed by atoms with Crippen LogP contribution < -0.4 is 5.73 Å². The van der Waals surface area contributed by atoms with E-state index >= 15 is 0 Å². The van der Waals surface area contributed by atoms with Gasteiger partial charge < -0.3 is 10.2 Å². The van der Waals surface area contributed by atoms with Gasteiger partial charge in [-0.2, -0.15) is 0 Å². The van der Waals surface area contributed by atoms with Crippen molar-refractivity contribution >= 4 is 5.69 Å². The number of nitrogens with two attached hydrogens (primary N) is 1. The van der Waals surface area contributed by atoms with Gasteiger partial charge in [0.05, 0.1) is 0 Å². The Labute approximate surface area is 88.1 Å². The number of aromatic nitrogens is 2. The second-order valence-electron chi connectivity index (χ2n) is 3.37. The van der Waals surface area contributed by atoms with Crippen LogP contribution >= 0.6 is 0 Å². The first kappa shape index (κ1) is 9.71. The van der Waals surface area contributed by atoms with Crippen LogP contribution in [0.25, 0.3) is 11.5 Å². The first-order chi connectivity index (χ1) is 7.22. The van der Waals surface area contributed by atoms with Crippen LogP contribution in [0.3, 0.4) is 0 Å². The van der Waals surface area contributed by atoms with E-state index in [0.717, 1.165) is 23.2 Å². The van der Waals surface area contributed by atoms with Crippen molar-refractivity contribution in [3.05, 3.63) is 29.7 Å². The van der Waals surface area contributed by atoms with Gasteiger partial charge in [0.2, 0.25) is 11.8 Å². The van der Waals surface area contributed by atoms with Gasteiger partial charge in [-0.1, -0.05) is 13.0 Å². The molecule has 0 fully saturated rings. The minimum absolute atomic E-state index is 0.539. The number of aryl methyl sites for hydroxylation is 1. The van der Waals surface area contributed by atoms with Gasteiger partial charge in [0.25, 0.3) is 0 Å². The first-order valence-electron chi connectivity index (χ1n) is 4.90. The molecule has 1 aromatic carbocycles. The van der Waals surface area contributed by atoms with Crippen molar-refractivity contribution in [3.63, 3.8) is 0 Å². The van der Waals surface area contributed by atoms with Gasteiger partial charge in [-0.25, -0.2) is 0 Å². The molecule has 0 aliphatic heterocycles. The standard InChI is InChI=1S/C11H13N3O/c1-3-10-13-14-11(15-10)8-5-4-6-9(12)7(8)2/h4-6H,3,12H2,1-2H3. The summed E-state index contributed by atoms with van der Waals surface area (Å²) in [7, 11) is 0. The zero-order valence-electron chi connectivity index (χ0n) is 8.82. The molecule has 0 spiro atoms. The lowest BCUT2D eigenvalue weighted by Crippen LogP contribution is -1.91. The predicted molar refractivity (Wildman–Crippen MR) is 58.3 cm³/mol. The summed E-state index contributed by atoms with van der Waals surface area (Å²) < 4.78 is 5.48. The van der Waals surface area contributed by atoms with Gasteiger partial charge in [-0.05, 0) is 24.6 Å². The average Bonchev–Trinajstić information content (AvgIpc) is 2.70. The summed E-state index contributed by atoms with van der Waals surface area (Å²) in [6, 6.07) is 5.67. The van der Waals surface area contributed by atoms with Crippen molar-refractivity contribution in [2.75, 3.05) is 5.73 Å². The zero-order chi connectivity index (χ0) is 10.8. The molecule has 0 unspecified atom stereocenters. The molecule has 2 aromatic rings. The second-order valence-corrected chi connectivity index (χ2v) is 3.37. The van der Waals surface area contributed by atoms with Crippen molar-refractivity contribution < 1.29 is 4.42 Å². The minimum Gasteiger partial charge on any atom is -0.421 e. The quantitative estimate of drug-likeness (QED) is 0.760. The van der Waals surface area contributed by atoms with E-state index in [2.05, 4.69) is 10.2 Å². The van der Waals surface area contributed by atoms with Crippen molar-refractivity contribution in [2.45, 2.75) is 20.3 Å². The summed E-state index contributed by atoms with van der Waals surface area (Å²) in [4.78, 5) is 0. The number of anilines is 1. The molecule has 1 aromatic heterocycles. The molecule has 1 heterocycles. The lowest BCUT2D eigenvalue weighted by atomic mass is 10.1. The largest absolute Gasteiger partial charge is 0.421 e. The number of nitrogens with zero attached hydrogens (tertiary/aromatic N) is 2. The molecule has 0 saturated heterocycles. The summed E-state index contributed by atoms with van der Waals surface area (Å²) in [6.45, 7) is 3.92. The fraction of sp³-hybridized carbons (Fsp3) is 0.273. The smallest absolute Gasteiger partial charge is 0.248 e. The summed E-state index contributed by atoms with van der Waals surface area (Å²) >= 11 is 0. The maximum Gasteiger partial charge on any atom is 0.248 e. The SMILES string of the molecule is CCc1nnc(-c2cccc(N)c2C)o1. The Hall–Kier alpha value is -1.84. The summed E-state index contributed by atoms with van der Waals surface area (Å²) in [5.74, 6) is 1.18. The van der Waals surface area contributed by atoms with Gasteiger partial charge in [0.1, 0.15) is 0 Å². The normalized spacial score (nSPS) is 10.5. The van der Waals surface area contributed by atoms with Crippen LogP contribution in [0.5, 0.6) is 0 Å². The molecular formula is C11H13N3O. The Balaban J connectivity index is 2.49. The molecule has 4 nitrogen and oxygen atoms in total. The molecule has 0 amide bonds. The van der Waals surface area contributed by atoms with Crippen LogP contribution in [0, 0.1) is 6.92 Å². The van der Waals surface area contributed by atoms with Crippen molar-refractivity contribution in [1.82, 2.24) is 10.2 Å². The number of hydrogen-bond donors (Lipinski definition) is 1. The highest BCUT2D eigenvalue weighted by Gasteiger charge is 2.10. The molecular weight excluding hydrogens is 190 g/mol. The Morgan fingerprint density at radius 2 is 2.13 bits per heavy atom. The molecule has 0 radical (unpaired) electrons. The fourth-order valence-corrected chi connectivity index (χ4v) is 1.39. The van der Waals surface area contributed by atoms with Crippen LogP contribution in [0.15, 0.2) is 22.6 Å². The van der Waals surface area contributed by atoms with Crippen molar-refractivity contribution in [3.8, 4) is 11.5 Å². The average molecular weight is 203 g/mol. The van der Waals surface area contributed by atoms with E-state index in [1.54, 1.807) is 0 Å². The number of nitrogen functional groups attached to an aromatic ring is 1. The number of hydrogen-bond acceptors (Lipinski definition) is 4. The molecule has 0 bridgehead atoms. The maximum atomic E-state index is 5.81. The van der Waals surface area contributed by atoms with E-state index in [-0.39, 0.29) is 0 Å². The van der Waals surface area contributed by atoms with Gasteiger partial charge in [0.15, 0.2) is 0 Å². The third-order valence-electron chi connectivity index (χ3n) is 2.38. The molecule has 15 heavy (non-hydrogen) atoms. The lowest BCUT2D eigenvalue weighted by Gasteiger charge is -2.03. The second kappa shape index (κ2) is 3.73. The van der Waals surface area contributed by atoms with E-state index in [4.69, 9.17) is 10.2 Å². The van der Waals surface area contributed by atoms with Gasteiger partial charge in [-0.15, -0.1) is 10.2 Å². The maximum absolute atomic E-state index is 5.81. The zero-order valence-corrected chi connectivity index (χ0v) is 8.82. The van der Waals surface area contributed by atoms with E-state index in [1.807, 2.05) is 32.0 Å². The molecule has 0 aliphatic rings. The topological polar surface area (TPSA) is 64.9 Å². The molecule has 4 heteroatoms. The van der Waals surface area contributed by atoms with Gasteiger partial charge in [-0.3, -0.25) is 0 Å². The lowest BCUT2D eigenvalue weighted by molar-refractivity contribution is 0.512. The number of benzene rings is 1. The molecule has 0 saturated carbocycles. The molecule has 0 aliphatic carbocycles. The predicted octanol–water partition coefficient (Wildman–Crippen LogP) is 2.19. The highest BCUT2D eigenvalue weighted by Crippen LogP contribution is 2.25. The van der Waals surface area contributed by atoms with Gasteiger partial charge in [0, 0.05) is 17.7 Å². The van der Waals surface area contributed by atoms with Gasteiger partial charge >= 0.3 is 0 Å². The van der Waals surface area contributed by atoms with Crippen LogP contribution in [0.2, 0.25) is 0 Å². The fourth-order valence-electron chi connectivity index (χ4n) is 1.39. The van der Waals surface area contributed by atoms with E-state index in [9.17, 15) is 0 Å². The number of rotatable bonds is 2. The third-order valence-corrected chi connectivity index (χ3v) is 2.38. The minimum atomic E-state index is 0.539. The van der Waals surface area contributed by atoms with Crippen LogP contribution in [0.4, 0.5) is 5.69 Å². The Morgan fingerprint density at radius 3 is 2.80 bits per heavy atom. The van der Waals surface area contributed by atoms with E-state index in [0.29, 0.717) is 11.8 Å². The first-order valence-corrected chi connectivity index (χ1v) is 4.90. The Kier molecular flexibility index (Phi) is 2.41.